The van der Waals surface area contributed by atoms with Crippen LogP contribution < -0.4 is 4.90 Å². The highest BCUT2D eigenvalue weighted by Crippen LogP contribution is 2.34. The molecule has 11 heteroatoms. The van der Waals surface area contributed by atoms with Crippen molar-refractivity contribution in [2.45, 2.75) is 6.92 Å². The van der Waals surface area contributed by atoms with Crippen molar-refractivity contribution in [1.82, 2.24) is 4.90 Å². The van der Waals surface area contributed by atoms with Crippen molar-refractivity contribution in [3.8, 4) is 11.3 Å². The summed E-state index contributed by atoms with van der Waals surface area (Å²) < 4.78 is 5.76. The smallest absolute Gasteiger partial charge is 0.270 e. The van der Waals surface area contributed by atoms with Crippen molar-refractivity contribution in [2.24, 2.45) is 0 Å². The van der Waals surface area contributed by atoms with Crippen LogP contribution in [0, 0.1) is 10.1 Å². The lowest BCUT2D eigenvalue weighted by Gasteiger charge is -2.35. The van der Waals surface area contributed by atoms with E-state index in [1.165, 1.54) is 40.1 Å². The number of rotatable bonds is 5. The first-order valence-electron chi connectivity index (χ1n) is 9.93. The average Bonchev–Trinajstić information content (AvgIpc) is 3.27. The molecule has 1 aliphatic rings. The van der Waals surface area contributed by atoms with E-state index in [1.54, 1.807) is 37.3 Å². The Morgan fingerprint density at radius 1 is 1.06 bits per heavy atom. The summed E-state index contributed by atoms with van der Waals surface area (Å²) in [6, 6.07) is 13.5. The molecular formula is C23H15Cl2N3O5S. The Morgan fingerprint density at radius 3 is 2.41 bits per heavy atom. The number of carbonyl (C=O) groups is 2. The Labute approximate surface area is 209 Å². The number of non-ortho nitro benzene ring substituents is 1. The minimum absolute atomic E-state index is 0.0560. The van der Waals surface area contributed by atoms with E-state index < -0.39 is 16.7 Å². The molecule has 1 aliphatic heterocycles. The lowest BCUT2D eigenvalue weighted by atomic mass is 10.1. The molecule has 0 radical (unpaired) electrons. The second kappa shape index (κ2) is 9.38. The summed E-state index contributed by atoms with van der Waals surface area (Å²) in [5, 5.41) is 11.9. The van der Waals surface area contributed by atoms with Gasteiger partial charge in [0.05, 0.1) is 15.6 Å². The number of anilines is 1. The van der Waals surface area contributed by atoms with Crippen LogP contribution in [0.1, 0.15) is 12.7 Å². The molecule has 0 N–H and O–H groups in total. The van der Waals surface area contributed by atoms with Gasteiger partial charge in [0.15, 0.2) is 5.11 Å². The summed E-state index contributed by atoms with van der Waals surface area (Å²) >= 11 is 17.6. The Balaban J connectivity index is 1.74. The maximum atomic E-state index is 13.3. The topological polar surface area (TPSA) is 96.9 Å². The molecule has 1 fully saturated rings. The zero-order valence-corrected chi connectivity index (χ0v) is 19.9. The van der Waals surface area contributed by atoms with Gasteiger partial charge in [-0.15, -0.1) is 0 Å². The van der Waals surface area contributed by atoms with Gasteiger partial charge in [-0.25, -0.2) is 0 Å². The standard InChI is InChI=1S/C23H15Cl2N3O5S/c1-2-26-21(29)18(22(30)27(23(26)34)14-5-3-13(24)4-6-14)12-16-8-10-20(33-16)17-11-15(28(31)32)7-9-19(17)25/h3-12H,2H2,1H3/b18-12+. The molecule has 0 unspecified atom stereocenters. The van der Waals surface area contributed by atoms with Crippen LogP contribution >= 0.6 is 35.4 Å². The van der Waals surface area contributed by atoms with E-state index in [0.29, 0.717) is 16.3 Å². The summed E-state index contributed by atoms with van der Waals surface area (Å²) in [5.74, 6) is -0.745. The number of furan rings is 1. The van der Waals surface area contributed by atoms with Crippen LogP contribution in [0.3, 0.4) is 0 Å². The van der Waals surface area contributed by atoms with E-state index in [9.17, 15) is 19.7 Å². The Hall–Kier alpha value is -3.53. The number of thiocarbonyl (C=S) groups is 1. The van der Waals surface area contributed by atoms with Crippen LogP contribution in [0.25, 0.3) is 17.4 Å². The molecule has 0 aliphatic carbocycles. The van der Waals surface area contributed by atoms with Gasteiger partial charge in [-0.3, -0.25) is 29.5 Å². The number of likely N-dealkylation sites (N-methyl/N-ethyl adjacent to an activating group) is 1. The molecule has 0 bridgehead atoms. The monoisotopic (exact) mass is 515 g/mol. The minimum atomic E-state index is -0.617. The van der Waals surface area contributed by atoms with Gasteiger partial charge in [0.1, 0.15) is 17.1 Å². The van der Waals surface area contributed by atoms with Gasteiger partial charge in [0.2, 0.25) is 0 Å². The molecule has 8 nitrogen and oxygen atoms in total. The van der Waals surface area contributed by atoms with Crippen molar-refractivity contribution in [3.05, 3.63) is 86.1 Å². The quantitative estimate of drug-likeness (QED) is 0.141. The van der Waals surface area contributed by atoms with Crippen LogP contribution in [0.4, 0.5) is 11.4 Å². The van der Waals surface area contributed by atoms with Gasteiger partial charge in [-0.2, -0.15) is 0 Å². The third-order valence-electron chi connectivity index (χ3n) is 5.07. The zero-order chi connectivity index (χ0) is 24.6. The van der Waals surface area contributed by atoms with Crippen molar-refractivity contribution in [1.29, 1.82) is 0 Å². The van der Waals surface area contributed by atoms with Crippen LogP contribution in [0.15, 0.2) is 64.6 Å². The number of nitro benzene ring substituents is 1. The number of hydrogen-bond acceptors (Lipinski definition) is 6. The van der Waals surface area contributed by atoms with Crippen molar-refractivity contribution < 1.29 is 18.9 Å². The molecule has 0 saturated carbocycles. The van der Waals surface area contributed by atoms with Crippen LogP contribution in [-0.4, -0.2) is 33.3 Å². The predicted octanol–water partition coefficient (Wildman–Crippen LogP) is 5.73. The van der Waals surface area contributed by atoms with Gasteiger partial charge in [0, 0.05) is 29.3 Å². The van der Waals surface area contributed by atoms with Gasteiger partial charge < -0.3 is 4.42 Å². The average molecular weight is 516 g/mol. The molecule has 2 aromatic carbocycles. The fourth-order valence-electron chi connectivity index (χ4n) is 3.41. The Bertz CT molecular complexity index is 1370. The van der Waals surface area contributed by atoms with Gasteiger partial charge in [-0.1, -0.05) is 23.2 Å². The Morgan fingerprint density at radius 2 is 1.76 bits per heavy atom. The van der Waals surface area contributed by atoms with Gasteiger partial charge in [0.25, 0.3) is 17.5 Å². The molecule has 1 aromatic heterocycles. The number of hydrogen-bond donors (Lipinski definition) is 0. The second-order valence-corrected chi connectivity index (χ2v) is 8.34. The Kier molecular flexibility index (Phi) is 6.52. The minimum Gasteiger partial charge on any atom is -0.457 e. The molecule has 2 heterocycles. The number of carbonyl (C=O) groups excluding carboxylic acids is 2. The van der Waals surface area contributed by atoms with Crippen LogP contribution in [0.2, 0.25) is 10.0 Å². The highest BCUT2D eigenvalue weighted by Gasteiger charge is 2.39. The van der Waals surface area contributed by atoms with Gasteiger partial charge >= 0.3 is 0 Å². The number of benzene rings is 2. The first-order chi connectivity index (χ1) is 16.2. The zero-order valence-electron chi connectivity index (χ0n) is 17.5. The van der Waals surface area contributed by atoms with E-state index in [4.69, 9.17) is 39.8 Å². The lowest BCUT2D eigenvalue weighted by molar-refractivity contribution is -0.384. The maximum Gasteiger partial charge on any atom is 0.270 e. The molecule has 1 saturated heterocycles. The van der Waals surface area contributed by atoms with E-state index in [-0.39, 0.29) is 39.5 Å². The molecule has 2 amide bonds. The van der Waals surface area contributed by atoms with Crippen molar-refractivity contribution in [2.75, 3.05) is 11.4 Å². The first-order valence-corrected chi connectivity index (χ1v) is 11.1. The van der Waals surface area contributed by atoms with E-state index in [0.717, 1.165) is 0 Å². The number of halogens is 2. The molecule has 0 spiro atoms. The summed E-state index contributed by atoms with van der Waals surface area (Å²) in [6.07, 6.45) is 1.31. The number of nitrogens with zero attached hydrogens (tertiary/aromatic N) is 3. The van der Waals surface area contributed by atoms with Crippen molar-refractivity contribution >= 4 is 69.8 Å². The first kappa shape index (κ1) is 23.6. The van der Waals surface area contributed by atoms with Crippen LogP contribution in [-0.2, 0) is 9.59 Å². The fourth-order valence-corrected chi connectivity index (χ4v) is 4.14. The molecular weight excluding hydrogens is 501 g/mol. The third-order valence-corrected chi connectivity index (χ3v) is 6.06. The molecule has 0 atom stereocenters. The second-order valence-electron chi connectivity index (χ2n) is 7.13. The molecule has 4 rings (SSSR count). The fraction of sp³-hybridized carbons (Fsp3) is 0.0870. The molecule has 3 aromatic rings. The highest BCUT2D eigenvalue weighted by molar-refractivity contribution is 7.80. The summed E-state index contributed by atoms with van der Waals surface area (Å²) in [6.45, 7) is 1.99. The SMILES string of the molecule is CCN1C(=O)/C(=C\c2ccc(-c3cc([N+](=O)[O-])ccc3Cl)o2)C(=O)N(c2ccc(Cl)cc2)C1=S. The third kappa shape index (κ3) is 4.33. The predicted molar refractivity (Wildman–Crippen MR) is 133 cm³/mol. The summed E-state index contributed by atoms with van der Waals surface area (Å²) in [7, 11) is 0. The van der Waals surface area contributed by atoms with Crippen LogP contribution in [0.5, 0.6) is 0 Å². The van der Waals surface area contributed by atoms with Crippen molar-refractivity contribution in [3.63, 3.8) is 0 Å². The summed E-state index contributed by atoms with van der Waals surface area (Å²) in [4.78, 5) is 39.4. The van der Waals surface area contributed by atoms with Gasteiger partial charge in [-0.05, 0) is 67.7 Å². The number of nitro groups is 1. The molecule has 172 valence electrons. The van der Waals surface area contributed by atoms with E-state index in [1.807, 2.05) is 0 Å². The lowest BCUT2D eigenvalue weighted by Crippen LogP contribution is -2.56. The maximum absolute atomic E-state index is 13.3. The largest absolute Gasteiger partial charge is 0.457 e. The summed E-state index contributed by atoms with van der Waals surface area (Å²) in [5.41, 5.74) is 0.455. The molecule has 34 heavy (non-hydrogen) atoms. The van der Waals surface area contributed by atoms with E-state index >= 15 is 0 Å². The number of amides is 2. The highest BCUT2D eigenvalue weighted by atomic mass is 35.5. The van der Waals surface area contributed by atoms with E-state index in [2.05, 4.69) is 0 Å². The normalized spacial score (nSPS) is 15.4.